The molecule has 6 heteroatoms. The van der Waals surface area contributed by atoms with Gasteiger partial charge in [-0.15, -0.1) is 0 Å². The fourth-order valence-corrected chi connectivity index (χ4v) is 1.09. The first kappa shape index (κ1) is 10.8. The topological polar surface area (TPSA) is 58.9 Å². The van der Waals surface area contributed by atoms with E-state index >= 15 is 0 Å². The van der Waals surface area contributed by atoms with Crippen molar-refractivity contribution in [2.45, 2.75) is 0 Å². The Morgan fingerprint density at radius 2 is 1.86 bits per heavy atom. The minimum atomic E-state index is -1.73. The van der Waals surface area contributed by atoms with Gasteiger partial charge in [-0.1, -0.05) is 0 Å². The summed E-state index contributed by atoms with van der Waals surface area (Å²) < 4.78 is 22.8. The maximum absolute atomic E-state index is 13.2. The van der Waals surface area contributed by atoms with Crippen molar-refractivity contribution in [1.82, 2.24) is 0 Å². The first-order valence-electron chi connectivity index (χ1n) is 3.87. The zero-order valence-electron chi connectivity index (χ0n) is 7.82. The summed E-state index contributed by atoms with van der Waals surface area (Å²) in [6.45, 7) is 0. The number of benzene rings is 1. The summed E-state index contributed by atoms with van der Waals surface area (Å²) in [6, 6.07) is 2.28. The highest BCUT2D eigenvalue weighted by atomic mass is 19.1. The highest BCUT2D eigenvalue weighted by Crippen LogP contribution is 2.28. The van der Waals surface area contributed by atoms with Crippen LogP contribution in [-0.4, -0.2) is 31.4 Å². The third kappa shape index (κ3) is 1.97. The number of rotatable bonds is 3. The van der Waals surface area contributed by atoms with E-state index in [4.69, 9.17) is 19.5 Å². The molecule has 0 atom stereocenters. The first-order chi connectivity index (χ1) is 6.60. The van der Waals surface area contributed by atoms with Crippen LogP contribution in [0.5, 0.6) is 11.5 Å². The summed E-state index contributed by atoms with van der Waals surface area (Å²) in [4.78, 5) is 0. The van der Waals surface area contributed by atoms with Gasteiger partial charge in [0.15, 0.2) is 17.3 Å². The molecule has 0 aliphatic rings. The van der Waals surface area contributed by atoms with Crippen molar-refractivity contribution >= 4 is 12.6 Å². The van der Waals surface area contributed by atoms with E-state index < -0.39 is 12.9 Å². The van der Waals surface area contributed by atoms with Gasteiger partial charge in [-0.05, 0) is 17.6 Å². The van der Waals surface area contributed by atoms with Gasteiger partial charge in [0.05, 0.1) is 14.2 Å². The Morgan fingerprint density at radius 1 is 1.21 bits per heavy atom. The minimum absolute atomic E-state index is 0.0140. The Morgan fingerprint density at radius 3 is 2.29 bits per heavy atom. The summed E-state index contributed by atoms with van der Waals surface area (Å²) in [5, 5.41) is 17.6. The second-order valence-electron chi connectivity index (χ2n) is 2.61. The van der Waals surface area contributed by atoms with E-state index in [1.54, 1.807) is 0 Å². The molecule has 0 bridgehead atoms. The molecule has 0 heterocycles. The van der Waals surface area contributed by atoms with Crippen LogP contribution in [0.1, 0.15) is 0 Å². The number of halogens is 1. The zero-order chi connectivity index (χ0) is 10.7. The average molecular weight is 200 g/mol. The SMILES string of the molecule is COc1cc(B(O)O)cc(F)c1OC. The van der Waals surface area contributed by atoms with Crippen molar-refractivity contribution in [1.29, 1.82) is 0 Å². The summed E-state index contributed by atoms with van der Waals surface area (Å²) in [5.41, 5.74) is 0.0140. The Hall–Kier alpha value is -1.27. The molecule has 0 saturated carbocycles. The fraction of sp³-hybridized carbons (Fsp3) is 0.250. The van der Waals surface area contributed by atoms with Gasteiger partial charge in [-0.2, -0.15) is 0 Å². The van der Waals surface area contributed by atoms with Gasteiger partial charge in [0.1, 0.15) is 0 Å². The Kier molecular flexibility index (Phi) is 3.32. The average Bonchev–Trinajstić information content (AvgIpc) is 2.16. The van der Waals surface area contributed by atoms with Crippen LogP contribution in [0.4, 0.5) is 4.39 Å². The Balaban J connectivity index is 3.24. The molecule has 0 unspecified atom stereocenters. The molecule has 0 amide bonds. The Bertz CT molecular complexity index is 329. The molecule has 14 heavy (non-hydrogen) atoms. The molecule has 0 aromatic heterocycles. The molecule has 0 aliphatic heterocycles. The smallest absolute Gasteiger partial charge is 0.488 e. The predicted molar refractivity (Wildman–Crippen MR) is 49.3 cm³/mol. The highest BCUT2D eigenvalue weighted by Gasteiger charge is 2.18. The lowest BCUT2D eigenvalue weighted by Gasteiger charge is -2.10. The van der Waals surface area contributed by atoms with Crippen LogP contribution in [0.25, 0.3) is 0 Å². The van der Waals surface area contributed by atoms with Crippen LogP contribution in [0.3, 0.4) is 0 Å². The van der Waals surface area contributed by atoms with Crippen LogP contribution in [0, 0.1) is 5.82 Å². The summed E-state index contributed by atoms with van der Waals surface area (Å²) in [7, 11) is 0.908. The van der Waals surface area contributed by atoms with Gasteiger partial charge in [-0.25, -0.2) is 4.39 Å². The molecular weight excluding hydrogens is 190 g/mol. The van der Waals surface area contributed by atoms with Crippen molar-refractivity contribution in [2.75, 3.05) is 14.2 Å². The molecule has 0 radical (unpaired) electrons. The molecule has 1 aromatic carbocycles. The van der Waals surface area contributed by atoms with Crippen LogP contribution < -0.4 is 14.9 Å². The predicted octanol–water partition coefficient (Wildman–Crippen LogP) is -0.477. The molecule has 4 nitrogen and oxygen atoms in total. The van der Waals surface area contributed by atoms with E-state index in [9.17, 15) is 4.39 Å². The van der Waals surface area contributed by atoms with Crippen molar-refractivity contribution in [3.63, 3.8) is 0 Å². The second-order valence-corrected chi connectivity index (χ2v) is 2.61. The number of hydrogen-bond donors (Lipinski definition) is 2. The number of hydrogen-bond acceptors (Lipinski definition) is 4. The molecule has 76 valence electrons. The van der Waals surface area contributed by atoms with Gasteiger partial charge in [0, 0.05) is 0 Å². The van der Waals surface area contributed by atoms with E-state index in [0.717, 1.165) is 6.07 Å². The van der Waals surface area contributed by atoms with Gasteiger partial charge < -0.3 is 19.5 Å². The first-order valence-corrected chi connectivity index (χ1v) is 3.87. The molecule has 0 spiro atoms. The summed E-state index contributed by atoms with van der Waals surface area (Å²) in [5.74, 6) is -0.637. The van der Waals surface area contributed by atoms with E-state index in [2.05, 4.69) is 0 Å². The summed E-state index contributed by atoms with van der Waals surface area (Å²) >= 11 is 0. The third-order valence-electron chi connectivity index (χ3n) is 1.75. The molecule has 2 N–H and O–H groups in total. The van der Waals surface area contributed by atoms with Crippen LogP contribution in [-0.2, 0) is 0 Å². The lowest BCUT2D eigenvalue weighted by atomic mass is 9.80. The quantitative estimate of drug-likeness (QED) is 0.647. The standard InChI is InChI=1S/C8H10BFO4/c1-13-7-4-5(9(11)12)3-6(10)8(7)14-2/h3-4,11-12H,1-2H3. The van der Waals surface area contributed by atoms with Crippen molar-refractivity contribution < 1.29 is 23.9 Å². The lowest BCUT2D eigenvalue weighted by molar-refractivity contribution is 0.337. The van der Waals surface area contributed by atoms with Crippen LogP contribution in [0.2, 0.25) is 0 Å². The van der Waals surface area contributed by atoms with Gasteiger partial charge in [0.2, 0.25) is 0 Å². The highest BCUT2D eigenvalue weighted by molar-refractivity contribution is 6.58. The monoisotopic (exact) mass is 200 g/mol. The number of ether oxygens (including phenoxy) is 2. The van der Waals surface area contributed by atoms with E-state index in [0.29, 0.717) is 0 Å². The van der Waals surface area contributed by atoms with Crippen molar-refractivity contribution in [3.8, 4) is 11.5 Å². The van der Waals surface area contributed by atoms with E-state index in [1.807, 2.05) is 0 Å². The molecule has 0 aliphatic carbocycles. The maximum Gasteiger partial charge on any atom is 0.488 e. The lowest BCUT2D eigenvalue weighted by Crippen LogP contribution is -2.30. The fourth-order valence-electron chi connectivity index (χ4n) is 1.09. The molecule has 0 fully saturated rings. The minimum Gasteiger partial charge on any atom is -0.493 e. The molecule has 0 saturated heterocycles. The van der Waals surface area contributed by atoms with Gasteiger partial charge >= 0.3 is 7.12 Å². The molecule has 1 rings (SSSR count). The van der Waals surface area contributed by atoms with Crippen molar-refractivity contribution in [2.24, 2.45) is 0 Å². The summed E-state index contributed by atoms with van der Waals surface area (Å²) in [6.07, 6.45) is 0. The van der Waals surface area contributed by atoms with Crippen LogP contribution in [0.15, 0.2) is 12.1 Å². The normalized spacial score (nSPS) is 9.79. The van der Waals surface area contributed by atoms with Gasteiger partial charge in [0.25, 0.3) is 0 Å². The van der Waals surface area contributed by atoms with Gasteiger partial charge in [-0.3, -0.25) is 0 Å². The maximum atomic E-state index is 13.2. The number of methoxy groups -OCH3 is 2. The Labute approximate surface area is 81.0 Å². The van der Waals surface area contributed by atoms with Crippen LogP contribution >= 0.6 is 0 Å². The second kappa shape index (κ2) is 4.30. The van der Waals surface area contributed by atoms with E-state index in [1.165, 1.54) is 20.3 Å². The van der Waals surface area contributed by atoms with Crippen molar-refractivity contribution in [3.05, 3.63) is 17.9 Å². The largest absolute Gasteiger partial charge is 0.493 e. The molecular formula is C8H10BFO4. The third-order valence-corrected chi connectivity index (χ3v) is 1.75. The van der Waals surface area contributed by atoms with E-state index in [-0.39, 0.29) is 17.0 Å². The molecule has 1 aromatic rings. The zero-order valence-corrected chi connectivity index (χ0v) is 7.82.